The van der Waals surface area contributed by atoms with Crippen LogP contribution in [0.25, 0.3) is 0 Å². The molecule has 0 spiro atoms. The van der Waals surface area contributed by atoms with E-state index in [9.17, 15) is 14.4 Å². The van der Waals surface area contributed by atoms with Gasteiger partial charge >= 0.3 is 0 Å². The van der Waals surface area contributed by atoms with Crippen LogP contribution < -0.4 is 27.8 Å². The van der Waals surface area contributed by atoms with Gasteiger partial charge in [0, 0.05) is 45.3 Å². The molecule has 0 bridgehead atoms. The van der Waals surface area contributed by atoms with Gasteiger partial charge in [0.25, 0.3) is 0 Å². The molecular formula is C13H28N6O3. The topological polar surface area (TPSA) is 157 Å². The Morgan fingerprint density at radius 2 is 1.18 bits per heavy atom. The fourth-order valence-corrected chi connectivity index (χ4v) is 1.83. The van der Waals surface area contributed by atoms with Crippen LogP contribution in [0.1, 0.15) is 25.7 Å². The number of nitrogens with one attached hydrogen (secondary N) is 2. The van der Waals surface area contributed by atoms with E-state index in [0.29, 0.717) is 39.0 Å². The van der Waals surface area contributed by atoms with Gasteiger partial charge < -0.3 is 32.7 Å². The van der Waals surface area contributed by atoms with Crippen molar-refractivity contribution < 1.29 is 14.4 Å². The standard InChI is InChI=1S/C13H28N6O3/c14-5-1-11(20)2-6-19(7-3-12(21)17-9-15)8-4-13(22)18-10-16/h1-10,14-16H2,(H,17,21)(H,18,22). The van der Waals surface area contributed by atoms with Gasteiger partial charge in [0.05, 0.1) is 13.3 Å². The van der Waals surface area contributed by atoms with E-state index in [4.69, 9.17) is 17.2 Å². The quantitative estimate of drug-likeness (QED) is 0.234. The SMILES string of the molecule is NCCC(=O)CCN(CCC(=O)NCN)CCC(=O)NCN. The molecule has 0 saturated carbocycles. The number of carbonyl (C=O) groups excluding carboxylic acids is 3. The molecular weight excluding hydrogens is 288 g/mol. The van der Waals surface area contributed by atoms with Crippen molar-refractivity contribution in [2.24, 2.45) is 17.2 Å². The molecule has 0 saturated heterocycles. The van der Waals surface area contributed by atoms with Gasteiger partial charge in [-0.2, -0.15) is 0 Å². The van der Waals surface area contributed by atoms with Crippen molar-refractivity contribution in [1.29, 1.82) is 0 Å². The number of amides is 2. The number of Topliss-reactive ketones (excluding diaryl/α,β-unsaturated/α-hetero) is 1. The van der Waals surface area contributed by atoms with Crippen molar-refractivity contribution in [3.8, 4) is 0 Å². The van der Waals surface area contributed by atoms with Crippen LogP contribution in [0.4, 0.5) is 0 Å². The maximum atomic E-state index is 11.5. The Morgan fingerprint density at radius 3 is 1.59 bits per heavy atom. The van der Waals surface area contributed by atoms with Gasteiger partial charge in [-0.3, -0.25) is 14.4 Å². The molecule has 8 N–H and O–H groups in total. The number of hydrogen-bond acceptors (Lipinski definition) is 7. The van der Waals surface area contributed by atoms with Crippen molar-refractivity contribution in [3.63, 3.8) is 0 Å². The first kappa shape index (κ1) is 20.5. The minimum Gasteiger partial charge on any atom is -0.344 e. The Labute approximate surface area is 130 Å². The number of ketones is 1. The monoisotopic (exact) mass is 316 g/mol. The molecule has 0 rings (SSSR count). The van der Waals surface area contributed by atoms with Crippen LogP contribution in [0, 0.1) is 0 Å². The Balaban J connectivity index is 4.26. The predicted octanol–water partition coefficient (Wildman–Crippen LogP) is -2.56. The molecule has 0 aromatic heterocycles. The van der Waals surface area contributed by atoms with Gasteiger partial charge in [-0.05, 0) is 6.54 Å². The average Bonchev–Trinajstić information content (AvgIpc) is 2.47. The average molecular weight is 316 g/mol. The number of nitrogens with zero attached hydrogens (tertiary/aromatic N) is 1. The molecule has 9 nitrogen and oxygen atoms in total. The third-order valence-corrected chi connectivity index (χ3v) is 3.04. The summed E-state index contributed by atoms with van der Waals surface area (Å²) in [6.45, 7) is 1.91. The van der Waals surface area contributed by atoms with Crippen molar-refractivity contribution in [2.75, 3.05) is 39.5 Å². The van der Waals surface area contributed by atoms with Gasteiger partial charge in [0.1, 0.15) is 5.78 Å². The van der Waals surface area contributed by atoms with Crippen molar-refractivity contribution in [2.45, 2.75) is 25.7 Å². The molecule has 0 heterocycles. The molecule has 0 atom stereocenters. The van der Waals surface area contributed by atoms with E-state index in [1.807, 2.05) is 4.90 Å². The molecule has 0 aliphatic carbocycles. The van der Waals surface area contributed by atoms with Crippen LogP contribution in [-0.2, 0) is 14.4 Å². The molecule has 0 fully saturated rings. The molecule has 0 aliphatic heterocycles. The second-order valence-corrected chi connectivity index (χ2v) is 4.78. The fraction of sp³-hybridized carbons (Fsp3) is 0.769. The van der Waals surface area contributed by atoms with Crippen LogP contribution in [0.15, 0.2) is 0 Å². The lowest BCUT2D eigenvalue weighted by Gasteiger charge is -2.21. The molecule has 22 heavy (non-hydrogen) atoms. The third kappa shape index (κ3) is 11.1. The van der Waals surface area contributed by atoms with Gasteiger partial charge in [-0.15, -0.1) is 0 Å². The van der Waals surface area contributed by atoms with E-state index >= 15 is 0 Å². The summed E-state index contributed by atoms with van der Waals surface area (Å²) in [7, 11) is 0. The van der Waals surface area contributed by atoms with Crippen LogP contribution in [0.2, 0.25) is 0 Å². The first-order valence-electron chi connectivity index (χ1n) is 7.41. The molecule has 2 amide bonds. The lowest BCUT2D eigenvalue weighted by molar-refractivity contribution is -0.121. The van der Waals surface area contributed by atoms with Crippen LogP contribution >= 0.6 is 0 Å². The summed E-state index contributed by atoms with van der Waals surface area (Å²) in [6, 6.07) is 0. The number of nitrogens with two attached hydrogens (primary N) is 3. The van der Waals surface area contributed by atoms with Gasteiger partial charge in [-0.25, -0.2) is 0 Å². The largest absolute Gasteiger partial charge is 0.344 e. The molecule has 0 aromatic rings. The van der Waals surface area contributed by atoms with E-state index < -0.39 is 0 Å². The zero-order valence-corrected chi connectivity index (χ0v) is 13.0. The summed E-state index contributed by atoms with van der Waals surface area (Å²) in [5.74, 6) is -0.246. The Bertz CT molecular complexity index is 298. The highest BCUT2D eigenvalue weighted by atomic mass is 16.2. The van der Waals surface area contributed by atoms with Crippen molar-refractivity contribution in [3.05, 3.63) is 0 Å². The summed E-state index contributed by atoms with van der Waals surface area (Å²) in [4.78, 5) is 36.3. The highest BCUT2D eigenvalue weighted by molar-refractivity contribution is 5.79. The zero-order chi connectivity index (χ0) is 16.8. The summed E-state index contributed by atoms with van der Waals surface area (Å²) in [5, 5.41) is 5.01. The summed E-state index contributed by atoms with van der Waals surface area (Å²) in [5.41, 5.74) is 15.8. The highest BCUT2D eigenvalue weighted by Crippen LogP contribution is 1.99. The van der Waals surface area contributed by atoms with Crippen LogP contribution in [-0.4, -0.2) is 62.0 Å². The minimum atomic E-state index is -0.160. The van der Waals surface area contributed by atoms with Gasteiger partial charge in [-0.1, -0.05) is 0 Å². The third-order valence-electron chi connectivity index (χ3n) is 3.04. The van der Waals surface area contributed by atoms with Crippen LogP contribution in [0.5, 0.6) is 0 Å². The smallest absolute Gasteiger partial charge is 0.222 e. The summed E-state index contributed by atoms with van der Waals surface area (Å²) >= 11 is 0. The second kappa shape index (κ2) is 13.1. The highest BCUT2D eigenvalue weighted by Gasteiger charge is 2.12. The lowest BCUT2D eigenvalue weighted by atomic mass is 10.2. The van der Waals surface area contributed by atoms with E-state index in [-0.39, 0.29) is 43.8 Å². The maximum Gasteiger partial charge on any atom is 0.222 e. The van der Waals surface area contributed by atoms with Crippen molar-refractivity contribution >= 4 is 17.6 Å². The first-order chi connectivity index (χ1) is 10.5. The zero-order valence-electron chi connectivity index (χ0n) is 13.0. The van der Waals surface area contributed by atoms with Crippen LogP contribution in [0.3, 0.4) is 0 Å². The van der Waals surface area contributed by atoms with Gasteiger partial charge in [0.15, 0.2) is 0 Å². The number of hydrogen-bond donors (Lipinski definition) is 5. The maximum absolute atomic E-state index is 11.5. The fourth-order valence-electron chi connectivity index (χ4n) is 1.83. The molecule has 0 aromatic carbocycles. The molecule has 128 valence electrons. The van der Waals surface area contributed by atoms with E-state index in [0.717, 1.165) is 0 Å². The minimum absolute atomic E-state index is 0.0744. The van der Waals surface area contributed by atoms with E-state index in [2.05, 4.69) is 10.6 Å². The molecule has 0 aliphatic rings. The molecule has 0 radical (unpaired) electrons. The predicted molar refractivity (Wildman–Crippen MR) is 83.4 cm³/mol. The van der Waals surface area contributed by atoms with E-state index in [1.165, 1.54) is 0 Å². The Kier molecular flexibility index (Phi) is 12.2. The van der Waals surface area contributed by atoms with Crippen molar-refractivity contribution in [1.82, 2.24) is 15.5 Å². The number of rotatable bonds is 13. The number of carbonyl (C=O) groups is 3. The normalized spacial score (nSPS) is 10.5. The summed E-state index contributed by atoms with van der Waals surface area (Å²) in [6.07, 6.45) is 1.23. The Morgan fingerprint density at radius 1 is 0.727 bits per heavy atom. The summed E-state index contributed by atoms with van der Waals surface area (Å²) < 4.78 is 0. The Hall–Kier alpha value is -1.55. The second-order valence-electron chi connectivity index (χ2n) is 4.78. The lowest BCUT2D eigenvalue weighted by Crippen LogP contribution is -2.37. The molecule has 0 unspecified atom stereocenters. The molecule has 9 heteroatoms. The van der Waals surface area contributed by atoms with E-state index in [1.54, 1.807) is 0 Å². The first-order valence-corrected chi connectivity index (χ1v) is 7.41. The van der Waals surface area contributed by atoms with Gasteiger partial charge in [0.2, 0.25) is 11.8 Å².